The highest BCUT2D eigenvalue weighted by Gasteiger charge is 2.69. The highest BCUT2D eigenvalue weighted by atomic mass is 16.2. The second-order valence-electron chi connectivity index (χ2n) is 16.6. The molecule has 212 valence electrons. The number of Topliss-reactive ketones (excluding diaryl/α,β-unsaturated/α-hetero) is 1. The van der Waals surface area contributed by atoms with Gasteiger partial charge in [-0.25, -0.2) is 0 Å². The summed E-state index contributed by atoms with van der Waals surface area (Å²) in [7, 11) is 0. The number of piperazine rings is 1. The molecule has 0 radical (unpaired) electrons. The number of carbonyl (C=O) groups excluding carboxylic acids is 2. The van der Waals surface area contributed by atoms with Crippen LogP contribution in [0.15, 0.2) is 11.6 Å². The molecule has 0 bridgehead atoms. The summed E-state index contributed by atoms with van der Waals surface area (Å²) in [6.07, 6.45) is 13.6. The van der Waals surface area contributed by atoms with Gasteiger partial charge in [0.2, 0.25) is 5.91 Å². The van der Waals surface area contributed by atoms with Crippen LogP contribution < -0.4 is 5.32 Å². The van der Waals surface area contributed by atoms with Gasteiger partial charge in [-0.2, -0.15) is 0 Å². The SMILES string of the molecule is CC1(C)CC[C@]2(C(=O)N3CCNCC3)CC[C@]3(C)C(=CC[C@@H]4[C@@]5(C)CCC(=O)C(C)(C)[C@@H]5CC[C@]43C)[C@@H]2C1. The Hall–Kier alpha value is -1.16. The van der Waals surface area contributed by atoms with E-state index in [0.717, 1.165) is 77.5 Å². The maximum atomic E-state index is 14.4. The average molecular weight is 523 g/mol. The van der Waals surface area contributed by atoms with Crippen molar-refractivity contribution in [3.8, 4) is 0 Å². The highest BCUT2D eigenvalue weighted by molar-refractivity contribution is 5.86. The first-order valence-corrected chi connectivity index (χ1v) is 16.0. The zero-order valence-electron chi connectivity index (χ0n) is 25.5. The first-order valence-electron chi connectivity index (χ1n) is 16.0. The van der Waals surface area contributed by atoms with E-state index >= 15 is 0 Å². The smallest absolute Gasteiger partial charge is 0.229 e. The molecule has 5 fully saturated rings. The molecule has 4 nitrogen and oxygen atoms in total. The lowest BCUT2D eigenvalue weighted by Crippen LogP contribution is -2.65. The predicted octanol–water partition coefficient (Wildman–Crippen LogP) is 6.79. The van der Waals surface area contributed by atoms with E-state index in [1.165, 1.54) is 12.8 Å². The van der Waals surface area contributed by atoms with Crippen molar-refractivity contribution < 1.29 is 9.59 Å². The molecule has 1 amide bonds. The van der Waals surface area contributed by atoms with E-state index in [9.17, 15) is 9.59 Å². The number of hydrogen-bond donors (Lipinski definition) is 1. The predicted molar refractivity (Wildman–Crippen MR) is 153 cm³/mol. The van der Waals surface area contributed by atoms with E-state index in [1.807, 2.05) is 0 Å². The summed E-state index contributed by atoms with van der Waals surface area (Å²) in [4.78, 5) is 29.7. The Morgan fingerprint density at radius 3 is 2.29 bits per heavy atom. The standard InChI is InChI=1S/C34H54N2O2/c1-29(2)14-16-34(28(38)36-20-18-35-19-21-36)17-15-32(6)23(24(34)22-29)8-9-26-31(5)12-11-27(37)30(3,4)25(31)10-13-33(26,32)7/h8,24-26,35H,9-22H2,1-7H3/t24-,25-,26+,31-,32+,33+,34-/m0/s1. The van der Waals surface area contributed by atoms with Gasteiger partial charge < -0.3 is 10.2 Å². The summed E-state index contributed by atoms with van der Waals surface area (Å²) >= 11 is 0. The Morgan fingerprint density at radius 1 is 0.895 bits per heavy atom. The van der Waals surface area contributed by atoms with Crippen molar-refractivity contribution in [2.45, 2.75) is 113 Å². The molecule has 0 unspecified atom stereocenters. The summed E-state index contributed by atoms with van der Waals surface area (Å²) in [6.45, 7) is 20.7. The molecule has 4 heteroatoms. The molecule has 0 spiro atoms. The van der Waals surface area contributed by atoms with Gasteiger partial charge in [-0.3, -0.25) is 9.59 Å². The molecule has 7 atom stereocenters. The third-order valence-electron chi connectivity index (χ3n) is 14.2. The lowest BCUT2D eigenvalue weighted by Gasteiger charge is -2.70. The van der Waals surface area contributed by atoms with Gasteiger partial charge in [-0.15, -0.1) is 0 Å². The molecule has 1 heterocycles. The Balaban J connectivity index is 1.41. The van der Waals surface area contributed by atoms with Gasteiger partial charge in [-0.1, -0.05) is 60.1 Å². The van der Waals surface area contributed by atoms with E-state index in [-0.39, 0.29) is 32.5 Å². The van der Waals surface area contributed by atoms with Gasteiger partial charge in [0.15, 0.2) is 0 Å². The van der Waals surface area contributed by atoms with Crippen LogP contribution in [-0.4, -0.2) is 42.8 Å². The number of ketones is 1. The van der Waals surface area contributed by atoms with Crippen molar-refractivity contribution >= 4 is 11.7 Å². The first-order chi connectivity index (χ1) is 17.7. The van der Waals surface area contributed by atoms with E-state index in [0.29, 0.717) is 29.4 Å². The Kier molecular flexibility index (Phi) is 6.00. The van der Waals surface area contributed by atoms with Gasteiger partial charge in [0.1, 0.15) is 5.78 Å². The van der Waals surface area contributed by atoms with Crippen LogP contribution in [0.25, 0.3) is 0 Å². The number of amides is 1. The van der Waals surface area contributed by atoms with Crippen molar-refractivity contribution in [1.29, 1.82) is 0 Å². The Bertz CT molecular complexity index is 1050. The monoisotopic (exact) mass is 522 g/mol. The van der Waals surface area contributed by atoms with Crippen LogP contribution in [0, 0.1) is 50.2 Å². The Labute approximate surface area is 232 Å². The van der Waals surface area contributed by atoms with Crippen molar-refractivity contribution in [3.63, 3.8) is 0 Å². The van der Waals surface area contributed by atoms with Crippen molar-refractivity contribution in [1.82, 2.24) is 10.2 Å². The molecular formula is C34H54N2O2. The molecular weight excluding hydrogens is 468 g/mol. The van der Waals surface area contributed by atoms with Crippen molar-refractivity contribution in [2.24, 2.45) is 50.2 Å². The van der Waals surface area contributed by atoms with Gasteiger partial charge in [0.05, 0.1) is 5.41 Å². The van der Waals surface area contributed by atoms with Crippen molar-refractivity contribution in [3.05, 3.63) is 11.6 Å². The fraction of sp³-hybridized carbons (Fsp3) is 0.882. The third kappa shape index (κ3) is 3.43. The molecule has 1 N–H and O–H groups in total. The molecule has 1 saturated heterocycles. The summed E-state index contributed by atoms with van der Waals surface area (Å²) < 4.78 is 0. The van der Waals surface area contributed by atoms with E-state index in [1.54, 1.807) is 5.57 Å². The van der Waals surface area contributed by atoms with Gasteiger partial charge in [0, 0.05) is 38.0 Å². The van der Waals surface area contributed by atoms with Gasteiger partial charge in [0.25, 0.3) is 0 Å². The van der Waals surface area contributed by atoms with Gasteiger partial charge >= 0.3 is 0 Å². The summed E-state index contributed by atoms with van der Waals surface area (Å²) in [6, 6.07) is 0. The number of allylic oxidation sites excluding steroid dienone is 2. The minimum absolute atomic E-state index is 0.140. The normalized spacial score (nSPS) is 47.7. The fourth-order valence-electron chi connectivity index (χ4n) is 11.6. The molecule has 0 aromatic rings. The zero-order valence-corrected chi connectivity index (χ0v) is 25.5. The topological polar surface area (TPSA) is 49.4 Å². The fourth-order valence-corrected chi connectivity index (χ4v) is 11.6. The average Bonchev–Trinajstić information content (AvgIpc) is 2.87. The van der Waals surface area contributed by atoms with E-state index < -0.39 is 0 Å². The lowest BCUT2D eigenvalue weighted by molar-refractivity contribution is -0.187. The van der Waals surface area contributed by atoms with Crippen LogP contribution in [0.3, 0.4) is 0 Å². The molecule has 6 rings (SSSR count). The number of fused-ring (bicyclic) bond motifs is 7. The third-order valence-corrected chi connectivity index (χ3v) is 14.2. The molecule has 1 aliphatic heterocycles. The van der Waals surface area contributed by atoms with Crippen LogP contribution in [-0.2, 0) is 9.59 Å². The maximum absolute atomic E-state index is 14.4. The number of hydrogen-bond acceptors (Lipinski definition) is 3. The molecule has 6 aliphatic rings. The second kappa shape index (κ2) is 8.43. The molecule has 38 heavy (non-hydrogen) atoms. The van der Waals surface area contributed by atoms with Crippen LogP contribution in [0.1, 0.15) is 113 Å². The van der Waals surface area contributed by atoms with Crippen LogP contribution in [0.2, 0.25) is 0 Å². The number of rotatable bonds is 1. The van der Waals surface area contributed by atoms with E-state index in [4.69, 9.17) is 0 Å². The van der Waals surface area contributed by atoms with Crippen molar-refractivity contribution in [2.75, 3.05) is 26.2 Å². The van der Waals surface area contributed by atoms with Gasteiger partial charge in [-0.05, 0) is 97.2 Å². The summed E-state index contributed by atoms with van der Waals surface area (Å²) in [5.74, 6) is 2.43. The second-order valence-corrected chi connectivity index (χ2v) is 16.6. The largest absolute Gasteiger partial charge is 0.340 e. The lowest BCUT2D eigenvalue weighted by atomic mass is 9.33. The molecule has 0 aromatic heterocycles. The maximum Gasteiger partial charge on any atom is 0.229 e. The van der Waals surface area contributed by atoms with E-state index in [2.05, 4.69) is 64.8 Å². The number of nitrogens with one attached hydrogen (secondary N) is 1. The highest BCUT2D eigenvalue weighted by Crippen LogP contribution is 2.75. The van der Waals surface area contributed by atoms with Crippen LogP contribution in [0.5, 0.6) is 0 Å². The minimum atomic E-state index is -0.207. The zero-order chi connectivity index (χ0) is 27.4. The van der Waals surface area contributed by atoms with Crippen LogP contribution >= 0.6 is 0 Å². The molecule has 0 aromatic carbocycles. The quantitative estimate of drug-likeness (QED) is 0.386. The first kappa shape index (κ1) is 27.0. The number of carbonyl (C=O) groups is 2. The Morgan fingerprint density at radius 2 is 1.58 bits per heavy atom. The molecule has 5 aliphatic carbocycles. The summed E-state index contributed by atoms with van der Waals surface area (Å²) in [5, 5.41) is 3.45. The minimum Gasteiger partial charge on any atom is -0.340 e. The van der Waals surface area contributed by atoms with Crippen LogP contribution in [0.4, 0.5) is 0 Å². The summed E-state index contributed by atoms with van der Waals surface area (Å²) in [5.41, 5.74) is 2.11. The number of nitrogens with zero attached hydrogens (tertiary/aromatic N) is 1. The molecule has 4 saturated carbocycles.